The van der Waals surface area contributed by atoms with Crippen LogP contribution in [0.5, 0.6) is 0 Å². The molecule has 1 aromatic rings. The van der Waals surface area contributed by atoms with Crippen LogP contribution >= 0.6 is 11.8 Å². The van der Waals surface area contributed by atoms with E-state index in [0.29, 0.717) is 5.69 Å². The minimum Gasteiger partial charge on any atom is -0.388 e. The van der Waals surface area contributed by atoms with Gasteiger partial charge in [0.05, 0.1) is 4.92 Å². The number of thioether (sulfide) groups is 1. The summed E-state index contributed by atoms with van der Waals surface area (Å²) in [5.74, 6) is 0.330. The highest BCUT2D eigenvalue weighted by atomic mass is 32.2. The molecule has 0 fully saturated rings. The SMILES string of the molecule is CNc1ccc([N+](=O)[O-])c(C(=O)NC(C)CSC)c1. The molecule has 0 spiro atoms. The number of amides is 1. The maximum Gasteiger partial charge on any atom is 0.282 e. The van der Waals surface area contributed by atoms with Gasteiger partial charge in [-0.15, -0.1) is 0 Å². The number of carbonyl (C=O) groups is 1. The molecule has 7 heteroatoms. The van der Waals surface area contributed by atoms with E-state index in [-0.39, 0.29) is 17.3 Å². The van der Waals surface area contributed by atoms with Crippen LogP contribution in [-0.4, -0.2) is 35.9 Å². The van der Waals surface area contributed by atoms with Crippen LogP contribution in [0, 0.1) is 10.1 Å². The highest BCUT2D eigenvalue weighted by Gasteiger charge is 2.21. The molecule has 0 saturated carbocycles. The number of anilines is 1. The Labute approximate surface area is 116 Å². The molecule has 1 amide bonds. The number of nitro groups is 1. The Morgan fingerprint density at radius 1 is 1.53 bits per heavy atom. The summed E-state index contributed by atoms with van der Waals surface area (Å²) in [6.45, 7) is 1.86. The third kappa shape index (κ3) is 4.13. The van der Waals surface area contributed by atoms with Crippen molar-refractivity contribution in [2.75, 3.05) is 24.4 Å². The van der Waals surface area contributed by atoms with Crippen LogP contribution in [0.4, 0.5) is 11.4 Å². The van der Waals surface area contributed by atoms with Crippen molar-refractivity contribution in [2.45, 2.75) is 13.0 Å². The van der Waals surface area contributed by atoms with Crippen LogP contribution in [0.25, 0.3) is 0 Å². The smallest absolute Gasteiger partial charge is 0.282 e. The fourth-order valence-electron chi connectivity index (χ4n) is 1.63. The van der Waals surface area contributed by atoms with Gasteiger partial charge in [0, 0.05) is 30.6 Å². The molecule has 0 aliphatic carbocycles. The summed E-state index contributed by atoms with van der Waals surface area (Å²) in [5.41, 5.74) is 0.547. The molecule has 6 nitrogen and oxygen atoms in total. The molecule has 0 aliphatic heterocycles. The number of nitrogens with zero attached hydrogens (tertiary/aromatic N) is 1. The molecular formula is C12H17N3O3S. The van der Waals surface area contributed by atoms with Crippen LogP contribution in [0.15, 0.2) is 18.2 Å². The number of benzene rings is 1. The summed E-state index contributed by atoms with van der Waals surface area (Å²) in [5, 5.41) is 16.6. The minimum atomic E-state index is -0.548. The molecule has 1 aromatic carbocycles. The first-order valence-corrected chi connectivity index (χ1v) is 7.15. The van der Waals surface area contributed by atoms with Crippen LogP contribution in [0.2, 0.25) is 0 Å². The van der Waals surface area contributed by atoms with Crippen molar-refractivity contribution in [2.24, 2.45) is 0 Å². The van der Waals surface area contributed by atoms with Gasteiger partial charge in [0.15, 0.2) is 0 Å². The predicted molar refractivity (Wildman–Crippen MR) is 78.0 cm³/mol. The van der Waals surface area contributed by atoms with E-state index in [1.807, 2.05) is 13.2 Å². The molecule has 1 rings (SSSR count). The van der Waals surface area contributed by atoms with Crippen molar-refractivity contribution in [3.63, 3.8) is 0 Å². The van der Waals surface area contributed by atoms with Gasteiger partial charge in [0.1, 0.15) is 5.56 Å². The predicted octanol–water partition coefficient (Wildman–Crippen LogP) is 2.12. The zero-order valence-electron chi connectivity index (χ0n) is 11.1. The maximum atomic E-state index is 12.1. The fourth-order valence-corrected chi connectivity index (χ4v) is 2.21. The van der Waals surface area contributed by atoms with E-state index < -0.39 is 10.8 Å². The van der Waals surface area contributed by atoms with E-state index in [4.69, 9.17) is 0 Å². The average Bonchev–Trinajstić information content (AvgIpc) is 2.37. The number of nitro benzene ring substituents is 1. The van der Waals surface area contributed by atoms with E-state index in [0.717, 1.165) is 5.75 Å². The van der Waals surface area contributed by atoms with E-state index in [1.54, 1.807) is 24.9 Å². The molecule has 1 atom stereocenters. The maximum absolute atomic E-state index is 12.1. The Kier molecular flexibility index (Phi) is 5.62. The van der Waals surface area contributed by atoms with Gasteiger partial charge < -0.3 is 10.6 Å². The van der Waals surface area contributed by atoms with Gasteiger partial charge in [-0.1, -0.05) is 0 Å². The molecule has 1 unspecified atom stereocenters. The van der Waals surface area contributed by atoms with Gasteiger partial charge in [-0.2, -0.15) is 11.8 Å². The largest absolute Gasteiger partial charge is 0.388 e. The van der Waals surface area contributed by atoms with Gasteiger partial charge in [-0.25, -0.2) is 0 Å². The van der Waals surface area contributed by atoms with Gasteiger partial charge >= 0.3 is 0 Å². The zero-order chi connectivity index (χ0) is 14.4. The van der Waals surface area contributed by atoms with Crippen molar-refractivity contribution in [1.29, 1.82) is 0 Å². The Morgan fingerprint density at radius 3 is 2.74 bits per heavy atom. The van der Waals surface area contributed by atoms with Gasteiger partial charge in [-0.3, -0.25) is 14.9 Å². The lowest BCUT2D eigenvalue weighted by Crippen LogP contribution is -2.34. The van der Waals surface area contributed by atoms with Crippen molar-refractivity contribution < 1.29 is 9.72 Å². The molecular weight excluding hydrogens is 266 g/mol. The summed E-state index contributed by atoms with van der Waals surface area (Å²) in [7, 11) is 1.69. The van der Waals surface area contributed by atoms with Crippen molar-refractivity contribution in [1.82, 2.24) is 5.32 Å². The van der Waals surface area contributed by atoms with Crippen molar-refractivity contribution in [3.05, 3.63) is 33.9 Å². The normalized spacial score (nSPS) is 11.7. The minimum absolute atomic E-state index is 0.0413. The first-order chi connectivity index (χ1) is 8.99. The van der Waals surface area contributed by atoms with Crippen LogP contribution in [0.3, 0.4) is 0 Å². The second-order valence-electron chi connectivity index (χ2n) is 4.07. The van der Waals surface area contributed by atoms with E-state index in [1.165, 1.54) is 12.1 Å². The Bertz CT molecular complexity index is 479. The monoisotopic (exact) mass is 283 g/mol. The summed E-state index contributed by atoms with van der Waals surface area (Å²) < 4.78 is 0. The lowest BCUT2D eigenvalue weighted by Gasteiger charge is -2.13. The van der Waals surface area contributed by atoms with Crippen molar-refractivity contribution in [3.8, 4) is 0 Å². The molecule has 2 N–H and O–H groups in total. The molecule has 0 saturated heterocycles. The Hall–Kier alpha value is -1.76. The van der Waals surface area contributed by atoms with Gasteiger partial charge in [-0.05, 0) is 25.3 Å². The average molecular weight is 283 g/mol. The molecule has 0 aliphatic rings. The molecule has 0 heterocycles. The van der Waals surface area contributed by atoms with Crippen LogP contribution < -0.4 is 10.6 Å². The van der Waals surface area contributed by atoms with Gasteiger partial charge in [0.2, 0.25) is 0 Å². The molecule has 0 aromatic heterocycles. The van der Waals surface area contributed by atoms with E-state index in [9.17, 15) is 14.9 Å². The van der Waals surface area contributed by atoms with Crippen LogP contribution in [-0.2, 0) is 0 Å². The third-order valence-corrected chi connectivity index (χ3v) is 3.35. The van der Waals surface area contributed by atoms with E-state index in [2.05, 4.69) is 10.6 Å². The lowest BCUT2D eigenvalue weighted by molar-refractivity contribution is -0.385. The van der Waals surface area contributed by atoms with Crippen molar-refractivity contribution >= 4 is 29.0 Å². The zero-order valence-corrected chi connectivity index (χ0v) is 11.9. The number of hydrogen-bond donors (Lipinski definition) is 2. The number of nitrogens with one attached hydrogen (secondary N) is 2. The summed E-state index contributed by atoms with van der Waals surface area (Å²) in [4.78, 5) is 22.5. The second kappa shape index (κ2) is 6.98. The molecule has 104 valence electrons. The number of hydrogen-bond acceptors (Lipinski definition) is 5. The third-order valence-electron chi connectivity index (χ3n) is 2.52. The number of rotatable bonds is 6. The molecule has 0 bridgehead atoms. The standard InChI is InChI=1S/C12H17N3O3S/c1-8(7-19-3)14-12(16)10-6-9(13-2)4-5-11(10)15(17)18/h4-6,8,13H,7H2,1-3H3,(H,14,16). The summed E-state index contributed by atoms with van der Waals surface area (Å²) in [6.07, 6.45) is 1.94. The second-order valence-corrected chi connectivity index (χ2v) is 4.98. The first-order valence-electron chi connectivity index (χ1n) is 5.75. The topological polar surface area (TPSA) is 84.3 Å². The fraction of sp³-hybridized carbons (Fsp3) is 0.417. The molecule has 0 radical (unpaired) electrons. The van der Waals surface area contributed by atoms with Crippen LogP contribution in [0.1, 0.15) is 17.3 Å². The highest BCUT2D eigenvalue weighted by molar-refractivity contribution is 7.98. The Balaban J connectivity index is 3.02. The Morgan fingerprint density at radius 2 is 2.21 bits per heavy atom. The summed E-state index contributed by atoms with van der Waals surface area (Å²) in [6, 6.07) is 4.35. The number of carbonyl (C=O) groups excluding carboxylic acids is 1. The van der Waals surface area contributed by atoms with Gasteiger partial charge in [0.25, 0.3) is 11.6 Å². The first kappa shape index (κ1) is 15.3. The highest BCUT2D eigenvalue weighted by Crippen LogP contribution is 2.22. The quantitative estimate of drug-likeness (QED) is 0.617. The summed E-state index contributed by atoms with van der Waals surface area (Å²) >= 11 is 1.60. The lowest BCUT2D eigenvalue weighted by atomic mass is 10.1. The van der Waals surface area contributed by atoms with E-state index >= 15 is 0 Å². The molecule has 19 heavy (non-hydrogen) atoms.